The summed E-state index contributed by atoms with van der Waals surface area (Å²) in [7, 11) is 0. The molecule has 92 valence electrons. The summed E-state index contributed by atoms with van der Waals surface area (Å²) >= 11 is 0. The third-order valence-corrected chi connectivity index (χ3v) is 2.24. The molecular formula is C11H11N5O2. The lowest BCUT2D eigenvalue weighted by molar-refractivity contribution is -0.385. The van der Waals surface area contributed by atoms with Crippen molar-refractivity contribution >= 4 is 11.5 Å². The summed E-state index contributed by atoms with van der Waals surface area (Å²) in [6.45, 7) is 2.33. The number of aryl methyl sites for hydroxylation is 1. The lowest BCUT2D eigenvalue weighted by Crippen LogP contribution is -2.04. The van der Waals surface area contributed by atoms with Crippen molar-refractivity contribution in [2.75, 3.05) is 5.32 Å². The molecule has 18 heavy (non-hydrogen) atoms. The van der Waals surface area contributed by atoms with Crippen molar-refractivity contribution in [1.82, 2.24) is 15.0 Å². The Morgan fingerprint density at radius 3 is 2.61 bits per heavy atom. The number of pyridine rings is 1. The number of nitro groups is 1. The van der Waals surface area contributed by atoms with Crippen LogP contribution in [0.2, 0.25) is 0 Å². The fraction of sp³-hybridized carbons (Fsp3) is 0.182. The maximum atomic E-state index is 10.5. The molecule has 7 heteroatoms. The van der Waals surface area contributed by atoms with Crippen molar-refractivity contribution in [3.8, 4) is 0 Å². The van der Waals surface area contributed by atoms with E-state index in [0.717, 1.165) is 11.4 Å². The third-order valence-electron chi connectivity index (χ3n) is 2.24. The number of hydrogen-bond acceptors (Lipinski definition) is 6. The zero-order chi connectivity index (χ0) is 13.0. The Kier molecular flexibility index (Phi) is 3.42. The molecule has 1 N–H and O–H groups in total. The molecule has 2 aromatic rings. The van der Waals surface area contributed by atoms with Gasteiger partial charge in [-0.3, -0.25) is 20.1 Å². The minimum atomic E-state index is -0.484. The smallest absolute Gasteiger partial charge is 0.287 e. The molecule has 0 bridgehead atoms. The van der Waals surface area contributed by atoms with Crippen LogP contribution in [-0.2, 0) is 6.54 Å². The maximum absolute atomic E-state index is 10.5. The molecule has 0 aliphatic rings. The van der Waals surface area contributed by atoms with Crippen LogP contribution in [0.25, 0.3) is 0 Å². The first-order valence-electron chi connectivity index (χ1n) is 5.27. The molecule has 0 aliphatic carbocycles. The van der Waals surface area contributed by atoms with Crippen LogP contribution < -0.4 is 5.32 Å². The second-order valence-corrected chi connectivity index (χ2v) is 3.66. The molecule has 0 saturated heterocycles. The standard InChI is InChI=1S/C11H11N5O2/c1-8-4-13-9(5-12-8)6-14-11-3-2-10(7-15-11)16(17)18/h2-5,7H,6H2,1H3,(H,14,15). The lowest BCUT2D eigenvalue weighted by Gasteiger charge is -2.04. The van der Waals surface area contributed by atoms with Gasteiger partial charge in [-0.2, -0.15) is 0 Å². The highest BCUT2D eigenvalue weighted by Crippen LogP contribution is 2.12. The van der Waals surface area contributed by atoms with Crippen LogP contribution in [0, 0.1) is 17.0 Å². The average molecular weight is 245 g/mol. The predicted molar refractivity (Wildman–Crippen MR) is 65.0 cm³/mol. The van der Waals surface area contributed by atoms with Crippen LogP contribution in [0.4, 0.5) is 11.5 Å². The summed E-state index contributed by atoms with van der Waals surface area (Å²) in [4.78, 5) is 22.2. The molecule has 0 fully saturated rings. The van der Waals surface area contributed by atoms with Gasteiger partial charge in [-0.25, -0.2) is 4.98 Å². The Morgan fingerprint density at radius 1 is 1.22 bits per heavy atom. The molecular weight excluding hydrogens is 234 g/mol. The molecule has 0 amide bonds. The van der Waals surface area contributed by atoms with Gasteiger partial charge in [0.05, 0.1) is 29.1 Å². The molecule has 0 saturated carbocycles. The van der Waals surface area contributed by atoms with Gasteiger partial charge in [-0.1, -0.05) is 0 Å². The molecule has 2 heterocycles. The summed E-state index contributed by atoms with van der Waals surface area (Å²) < 4.78 is 0. The molecule has 2 aromatic heterocycles. The Balaban J connectivity index is 1.97. The zero-order valence-corrected chi connectivity index (χ0v) is 9.70. The molecule has 0 aliphatic heterocycles. The minimum Gasteiger partial charge on any atom is -0.364 e. The van der Waals surface area contributed by atoms with Crippen LogP contribution >= 0.6 is 0 Å². The molecule has 0 aromatic carbocycles. The van der Waals surface area contributed by atoms with Gasteiger partial charge >= 0.3 is 0 Å². The quantitative estimate of drug-likeness (QED) is 0.650. The van der Waals surface area contributed by atoms with Gasteiger partial charge in [-0.15, -0.1) is 0 Å². The molecule has 0 spiro atoms. The van der Waals surface area contributed by atoms with E-state index in [0.29, 0.717) is 12.4 Å². The highest BCUT2D eigenvalue weighted by molar-refractivity contribution is 5.40. The average Bonchev–Trinajstić information content (AvgIpc) is 2.38. The van der Waals surface area contributed by atoms with Gasteiger partial charge in [-0.05, 0) is 13.0 Å². The van der Waals surface area contributed by atoms with Gasteiger partial charge in [0.15, 0.2) is 0 Å². The summed E-state index contributed by atoms with van der Waals surface area (Å²) in [6, 6.07) is 2.95. The van der Waals surface area contributed by atoms with Crippen LogP contribution in [-0.4, -0.2) is 19.9 Å². The van der Waals surface area contributed by atoms with Gasteiger partial charge in [0.1, 0.15) is 12.0 Å². The van der Waals surface area contributed by atoms with Crippen molar-refractivity contribution in [2.24, 2.45) is 0 Å². The van der Waals surface area contributed by atoms with Crippen LogP contribution in [0.3, 0.4) is 0 Å². The van der Waals surface area contributed by atoms with E-state index >= 15 is 0 Å². The topological polar surface area (TPSA) is 93.8 Å². The van der Waals surface area contributed by atoms with Crippen molar-refractivity contribution in [2.45, 2.75) is 13.5 Å². The summed E-state index contributed by atoms with van der Waals surface area (Å²) in [5.74, 6) is 0.558. The van der Waals surface area contributed by atoms with Crippen molar-refractivity contribution in [3.63, 3.8) is 0 Å². The first-order chi connectivity index (χ1) is 8.65. The van der Waals surface area contributed by atoms with Crippen molar-refractivity contribution in [1.29, 1.82) is 0 Å². The minimum absolute atomic E-state index is 0.0318. The fourth-order valence-electron chi connectivity index (χ4n) is 1.29. The number of hydrogen-bond donors (Lipinski definition) is 1. The Hall–Kier alpha value is -2.57. The van der Waals surface area contributed by atoms with E-state index in [1.54, 1.807) is 18.5 Å². The zero-order valence-electron chi connectivity index (χ0n) is 9.70. The van der Waals surface area contributed by atoms with Gasteiger partial charge in [0.25, 0.3) is 5.69 Å². The Labute approximate surface area is 103 Å². The van der Waals surface area contributed by atoms with E-state index in [-0.39, 0.29) is 5.69 Å². The van der Waals surface area contributed by atoms with E-state index in [2.05, 4.69) is 20.3 Å². The fourth-order valence-corrected chi connectivity index (χ4v) is 1.29. The summed E-state index contributed by atoms with van der Waals surface area (Å²) in [5, 5.41) is 13.5. The van der Waals surface area contributed by atoms with Gasteiger partial charge in [0, 0.05) is 12.3 Å². The lowest BCUT2D eigenvalue weighted by atomic mass is 10.4. The van der Waals surface area contributed by atoms with Crippen molar-refractivity contribution < 1.29 is 4.92 Å². The highest BCUT2D eigenvalue weighted by Gasteiger charge is 2.05. The van der Waals surface area contributed by atoms with E-state index in [4.69, 9.17) is 0 Å². The second kappa shape index (κ2) is 5.17. The molecule has 2 rings (SSSR count). The van der Waals surface area contributed by atoms with Crippen LogP contribution in [0.1, 0.15) is 11.4 Å². The highest BCUT2D eigenvalue weighted by atomic mass is 16.6. The summed E-state index contributed by atoms with van der Waals surface area (Å²) in [5.41, 5.74) is 1.60. The van der Waals surface area contributed by atoms with Crippen LogP contribution in [0.5, 0.6) is 0 Å². The maximum Gasteiger partial charge on any atom is 0.287 e. The number of rotatable bonds is 4. The van der Waals surface area contributed by atoms with E-state index in [1.807, 2.05) is 6.92 Å². The summed E-state index contributed by atoms with van der Waals surface area (Å²) in [6.07, 6.45) is 4.57. The molecule has 0 unspecified atom stereocenters. The largest absolute Gasteiger partial charge is 0.364 e. The van der Waals surface area contributed by atoms with E-state index in [1.165, 1.54) is 12.3 Å². The molecule has 7 nitrogen and oxygen atoms in total. The molecule has 0 atom stereocenters. The van der Waals surface area contributed by atoms with Crippen molar-refractivity contribution in [3.05, 3.63) is 52.2 Å². The number of aromatic nitrogens is 3. The normalized spacial score (nSPS) is 10.1. The Morgan fingerprint density at radius 2 is 2.06 bits per heavy atom. The van der Waals surface area contributed by atoms with E-state index in [9.17, 15) is 10.1 Å². The third kappa shape index (κ3) is 2.97. The van der Waals surface area contributed by atoms with Crippen LogP contribution in [0.15, 0.2) is 30.7 Å². The monoisotopic (exact) mass is 245 g/mol. The first kappa shape index (κ1) is 11.9. The second-order valence-electron chi connectivity index (χ2n) is 3.66. The SMILES string of the molecule is Cc1cnc(CNc2ccc([N+](=O)[O-])cn2)cn1. The van der Waals surface area contributed by atoms with E-state index < -0.39 is 4.92 Å². The Bertz CT molecular complexity index is 538. The molecule has 0 radical (unpaired) electrons. The number of nitrogens with one attached hydrogen (secondary N) is 1. The van der Waals surface area contributed by atoms with Gasteiger partial charge < -0.3 is 5.32 Å². The van der Waals surface area contributed by atoms with Gasteiger partial charge in [0.2, 0.25) is 0 Å². The predicted octanol–water partition coefficient (Wildman–Crippen LogP) is 1.70. The first-order valence-corrected chi connectivity index (χ1v) is 5.27. The number of anilines is 1. The number of nitrogens with zero attached hydrogens (tertiary/aromatic N) is 4.